The highest BCUT2D eigenvalue weighted by Gasteiger charge is 2.21. The first-order chi connectivity index (χ1) is 37.2. The summed E-state index contributed by atoms with van der Waals surface area (Å²) in [6.07, 6.45) is 0. The molecule has 352 valence electrons. The van der Waals surface area contributed by atoms with Crippen LogP contribution < -0.4 is 4.90 Å². The van der Waals surface area contributed by atoms with Crippen molar-refractivity contribution < 1.29 is 0 Å². The highest BCUT2D eigenvalue weighted by atomic mass is 15.1. The number of hydrogen-bond donors (Lipinski definition) is 0. The van der Waals surface area contributed by atoms with Crippen molar-refractivity contribution in [3.63, 3.8) is 0 Å². The SMILES string of the molecule is c1ccc(-c2cc(-c3ccccc3)cc(N(c3ccc(-c4ccc(-c5ccccc5)cc4-c4ccccc4)cc3)c3cccc(-c4ccc5c(c4)c(-c4ccccc4)c(-c4ccccc4)c4ccccc45)c3)c2)cc1. The van der Waals surface area contributed by atoms with Crippen molar-refractivity contribution in [3.05, 3.63) is 309 Å². The lowest BCUT2D eigenvalue weighted by Crippen LogP contribution is -2.10. The van der Waals surface area contributed by atoms with Gasteiger partial charge in [-0.25, -0.2) is 0 Å². The van der Waals surface area contributed by atoms with E-state index in [0.717, 1.165) is 44.9 Å². The molecule has 0 radical (unpaired) electrons. The van der Waals surface area contributed by atoms with Crippen LogP contribution in [0.25, 0.3) is 111 Å². The second kappa shape index (κ2) is 20.0. The molecular weight excluding hydrogens is 903 g/mol. The topological polar surface area (TPSA) is 3.24 Å². The molecule has 75 heavy (non-hydrogen) atoms. The van der Waals surface area contributed by atoms with Crippen molar-refractivity contribution in [1.29, 1.82) is 0 Å². The molecule has 0 heterocycles. The fourth-order valence-electron chi connectivity index (χ4n) is 11.0. The number of rotatable bonds is 11. The van der Waals surface area contributed by atoms with Gasteiger partial charge < -0.3 is 4.90 Å². The summed E-state index contributed by atoms with van der Waals surface area (Å²) in [5.74, 6) is 0. The van der Waals surface area contributed by atoms with Crippen molar-refractivity contribution >= 4 is 38.6 Å². The first-order valence-corrected chi connectivity index (χ1v) is 25.8. The normalized spacial score (nSPS) is 11.2. The average Bonchev–Trinajstić information content (AvgIpc) is 3.51. The van der Waals surface area contributed by atoms with Crippen molar-refractivity contribution in [1.82, 2.24) is 0 Å². The van der Waals surface area contributed by atoms with E-state index in [0.29, 0.717) is 0 Å². The summed E-state index contributed by atoms with van der Waals surface area (Å²) >= 11 is 0. The second-order valence-corrected chi connectivity index (χ2v) is 19.2. The van der Waals surface area contributed by atoms with E-state index >= 15 is 0 Å². The highest BCUT2D eigenvalue weighted by Crippen LogP contribution is 2.47. The molecule has 1 nitrogen and oxygen atoms in total. The zero-order chi connectivity index (χ0) is 49.9. The van der Waals surface area contributed by atoms with Gasteiger partial charge in [-0.1, -0.05) is 255 Å². The molecule has 0 aliphatic rings. The van der Waals surface area contributed by atoms with Crippen LogP contribution in [0.15, 0.2) is 309 Å². The fourth-order valence-corrected chi connectivity index (χ4v) is 11.0. The molecule has 0 fully saturated rings. The Bertz CT molecular complexity index is 4060. The second-order valence-electron chi connectivity index (χ2n) is 19.2. The summed E-state index contributed by atoms with van der Waals surface area (Å²) in [5, 5.41) is 4.96. The molecule has 13 aromatic carbocycles. The molecule has 13 rings (SSSR count). The zero-order valence-corrected chi connectivity index (χ0v) is 41.4. The first kappa shape index (κ1) is 45.1. The van der Waals surface area contributed by atoms with Gasteiger partial charge in [0.05, 0.1) is 0 Å². The number of nitrogens with zero attached hydrogens (tertiary/aromatic N) is 1. The van der Waals surface area contributed by atoms with Crippen LogP contribution in [0.5, 0.6) is 0 Å². The molecule has 0 aliphatic heterocycles. The van der Waals surface area contributed by atoms with Crippen molar-refractivity contribution in [2.75, 3.05) is 4.90 Å². The maximum Gasteiger partial charge on any atom is 0.0473 e. The summed E-state index contributed by atoms with van der Waals surface area (Å²) in [6, 6.07) is 113. The van der Waals surface area contributed by atoms with Gasteiger partial charge in [0.2, 0.25) is 0 Å². The standard InChI is InChI=1S/C74H51N/c1-7-22-52(23-8-1)60-40-44-67(71(50-60)55-28-13-4-14-29-55)56-38-42-64(43-39-56)75(66-48-62(53-24-9-2-10-25-53)46-63(49-66)54-26-11-3-12-27-54)65-35-21-34-59(47-65)61-41-45-69-68-36-19-20-37-70(68)73(57-30-15-5-16-31-57)74(72(69)51-61)58-32-17-6-18-33-58/h1-51H. The van der Waals surface area contributed by atoms with E-state index in [1.807, 2.05) is 0 Å². The molecule has 0 amide bonds. The molecule has 0 unspecified atom stereocenters. The molecule has 0 aliphatic carbocycles. The smallest absolute Gasteiger partial charge is 0.0473 e. The van der Waals surface area contributed by atoms with E-state index in [4.69, 9.17) is 0 Å². The predicted octanol–water partition coefficient (Wildman–Crippen LogP) is 20.8. The molecular formula is C74H51N. The molecule has 0 aromatic heterocycles. The van der Waals surface area contributed by atoms with E-state index in [2.05, 4.69) is 314 Å². The van der Waals surface area contributed by atoms with Crippen LogP contribution in [-0.4, -0.2) is 0 Å². The van der Waals surface area contributed by atoms with Crippen LogP contribution in [0.4, 0.5) is 17.1 Å². The van der Waals surface area contributed by atoms with Crippen LogP contribution in [0.3, 0.4) is 0 Å². The van der Waals surface area contributed by atoms with Gasteiger partial charge in [-0.2, -0.15) is 0 Å². The van der Waals surface area contributed by atoms with Gasteiger partial charge >= 0.3 is 0 Å². The summed E-state index contributed by atoms with van der Waals surface area (Å²) in [5.41, 5.74) is 22.2. The summed E-state index contributed by atoms with van der Waals surface area (Å²) < 4.78 is 0. The molecule has 1 heteroatoms. The van der Waals surface area contributed by atoms with E-state index in [1.165, 1.54) is 82.7 Å². The van der Waals surface area contributed by atoms with Crippen LogP contribution in [0, 0.1) is 0 Å². The minimum atomic E-state index is 1.06. The Kier molecular flexibility index (Phi) is 12.0. The Hall–Kier alpha value is -9.82. The Morgan fingerprint density at radius 1 is 0.160 bits per heavy atom. The highest BCUT2D eigenvalue weighted by molar-refractivity contribution is 6.22. The molecule has 0 bridgehead atoms. The van der Waals surface area contributed by atoms with Gasteiger partial charge in [0.1, 0.15) is 0 Å². The number of anilines is 3. The maximum absolute atomic E-state index is 2.43. The van der Waals surface area contributed by atoms with Crippen LogP contribution in [0.1, 0.15) is 0 Å². The summed E-state index contributed by atoms with van der Waals surface area (Å²) in [6.45, 7) is 0. The third kappa shape index (κ3) is 8.88. The van der Waals surface area contributed by atoms with E-state index < -0.39 is 0 Å². The minimum absolute atomic E-state index is 1.06. The Labute approximate surface area is 439 Å². The van der Waals surface area contributed by atoms with Gasteiger partial charge in [-0.05, 0) is 165 Å². The van der Waals surface area contributed by atoms with Gasteiger partial charge in [0.15, 0.2) is 0 Å². The Morgan fingerprint density at radius 3 is 1.12 bits per heavy atom. The molecule has 0 saturated carbocycles. The van der Waals surface area contributed by atoms with Crippen molar-refractivity contribution in [2.24, 2.45) is 0 Å². The molecule has 0 atom stereocenters. The lowest BCUT2D eigenvalue weighted by atomic mass is 9.84. The predicted molar refractivity (Wildman–Crippen MR) is 320 cm³/mol. The first-order valence-electron chi connectivity index (χ1n) is 25.8. The van der Waals surface area contributed by atoms with E-state index in [1.54, 1.807) is 0 Å². The zero-order valence-electron chi connectivity index (χ0n) is 41.4. The quantitative estimate of drug-likeness (QED) is 0.117. The lowest BCUT2D eigenvalue weighted by Gasteiger charge is -2.28. The van der Waals surface area contributed by atoms with Gasteiger partial charge in [-0.3, -0.25) is 0 Å². The lowest BCUT2D eigenvalue weighted by molar-refractivity contribution is 1.28. The Morgan fingerprint density at radius 2 is 0.547 bits per heavy atom. The molecule has 0 saturated heterocycles. The average molecular weight is 954 g/mol. The van der Waals surface area contributed by atoms with Crippen LogP contribution in [-0.2, 0) is 0 Å². The maximum atomic E-state index is 2.43. The molecule has 0 spiro atoms. The number of hydrogen-bond acceptors (Lipinski definition) is 1. The van der Waals surface area contributed by atoms with Crippen LogP contribution in [0.2, 0.25) is 0 Å². The summed E-state index contributed by atoms with van der Waals surface area (Å²) in [7, 11) is 0. The van der Waals surface area contributed by atoms with Crippen LogP contribution >= 0.6 is 0 Å². The van der Waals surface area contributed by atoms with Gasteiger partial charge in [0.25, 0.3) is 0 Å². The van der Waals surface area contributed by atoms with Crippen molar-refractivity contribution in [3.8, 4) is 89.0 Å². The van der Waals surface area contributed by atoms with E-state index in [-0.39, 0.29) is 0 Å². The van der Waals surface area contributed by atoms with E-state index in [9.17, 15) is 0 Å². The molecule has 13 aromatic rings. The third-order valence-corrected chi connectivity index (χ3v) is 14.6. The fraction of sp³-hybridized carbons (Fsp3) is 0. The Balaban J connectivity index is 0.995. The molecule has 0 N–H and O–H groups in total. The van der Waals surface area contributed by atoms with Gasteiger partial charge in [0, 0.05) is 17.1 Å². The monoisotopic (exact) mass is 953 g/mol. The third-order valence-electron chi connectivity index (χ3n) is 14.6. The number of fused-ring (bicyclic) bond motifs is 3. The summed E-state index contributed by atoms with van der Waals surface area (Å²) in [4.78, 5) is 2.43. The minimum Gasteiger partial charge on any atom is -0.310 e. The van der Waals surface area contributed by atoms with Crippen molar-refractivity contribution in [2.45, 2.75) is 0 Å². The van der Waals surface area contributed by atoms with Gasteiger partial charge in [-0.15, -0.1) is 0 Å². The largest absolute Gasteiger partial charge is 0.310 e. The number of benzene rings is 13.